The second-order valence-electron chi connectivity index (χ2n) is 13.8. The van der Waals surface area contributed by atoms with Crippen molar-refractivity contribution in [2.24, 2.45) is 0 Å². The van der Waals surface area contributed by atoms with Crippen molar-refractivity contribution in [1.82, 2.24) is 9.13 Å². The summed E-state index contributed by atoms with van der Waals surface area (Å²) in [6.45, 7) is 21.7. The van der Waals surface area contributed by atoms with Gasteiger partial charge >= 0.3 is 21.7 Å². The predicted octanol–water partition coefficient (Wildman–Crippen LogP) is 10.2. The minimum absolute atomic E-state index is 0. The number of halogens is 4. The van der Waals surface area contributed by atoms with Gasteiger partial charge in [0.1, 0.15) is 0 Å². The standard InChI is InChI=1S/2C12H10F2N.2C8H13Si.Ti/c2*1-8-3-4-9(2)15(8)12-6-5-10(13)7-11(12)14;2*1-9(2,3)8-6-4-5-7-8;/h2*3-6H,1-2H3;2*4-7H,1-3H3;/q4*-1;+4. The molecular formula is C40H46F4N2Si2Ti. The van der Waals surface area contributed by atoms with E-state index in [-0.39, 0.29) is 21.7 Å². The Morgan fingerprint density at radius 2 is 0.735 bits per heavy atom. The van der Waals surface area contributed by atoms with E-state index in [9.17, 15) is 17.6 Å². The van der Waals surface area contributed by atoms with Crippen molar-refractivity contribution < 1.29 is 39.3 Å². The van der Waals surface area contributed by atoms with Crippen LogP contribution in [0.5, 0.6) is 0 Å². The fourth-order valence-electron chi connectivity index (χ4n) is 5.06. The Morgan fingerprint density at radius 3 is 0.939 bits per heavy atom. The molecule has 2 aromatic heterocycles. The summed E-state index contributed by atoms with van der Waals surface area (Å²) in [6.07, 6.45) is 0. The Labute approximate surface area is 307 Å². The summed E-state index contributed by atoms with van der Waals surface area (Å²) in [7, 11) is -1.96. The van der Waals surface area contributed by atoms with E-state index in [4.69, 9.17) is 0 Å². The van der Waals surface area contributed by atoms with Gasteiger partial charge in [-0.25, -0.2) is 41.8 Å². The SMILES string of the molecule is C[Si](C)(C)[c-]1cccc1.C[Si](C)(C)[c-]1cccc1.Cc1ccc(C)n1-c1ccc(F)[c-]c1F.Cc1ccc(C)n1-c1ccc(F)[c-]c1F.[Ti+4]. The van der Waals surface area contributed by atoms with E-state index in [1.54, 1.807) is 19.5 Å². The first-order chi connectivity index (χ1) is 22.4. The number of nitrogens with zero attached hydrogens (tertiary/aromatic N) is 2. The van der Waals surface area contributed by atoms with Crippen LogP contribution >= 0.6 is 0 Å². The fourth-order valence-corrected chi connectivity index (χ4v) is 7.45. The van der Waals surface area contributed by atoms with Crippen LogP contribution < -0.4 is 10.4 Å². The minimum Gasteiger partial charge on any atom is -0.370 e. The van der Waals surface area contributed by atoms with Crippen LogP contribution in [0.25, 0.3) is 11.4 Å². The maximum absolute atomic E-state index is 13.5. The molecule has 6 aromatic rings. The molecule has 0 fully saturated rings. The molecule has 0 amide bonds. The fraction of sp³-hybridized carbons (Fsp3) is 0.250. The number of rotatable bonds is 4. The van der Waals surface area contributed by atoms with Crippen LogP contribution in [0.2, 0.25) is 39.3 Å². The Bertz CT molecular complexity index is 1700. The summed E-state index contributed by atoms with van der Waals surface area (Å²) in [5.74, 6) is -2.70. The van der Waals surface area contributed by atoms with Crippen molar-refractivity contribution >= 4 is 26.5 Å². The van der Waals surface area contributed by atoms with Crippen molar-refractivity contribution in [3.05, 3.63) is 155 Å². The van der Waals surface area contributed by atoms with Gasteiger partial charge in [-0.3, -0.25) is 0 Å². The van der Waals surface area contributed by atoms with Crippen molar-refractivity contribution in [3.8, 4) is 11.4 Å². The molecule has 0 aliphatic rings. The second kappa shape index (κ2) is 18.0. The third kappa shape index (κ3) is 11.8. The molecular weight excluding hydrogens is 688 g/mol. The number of hydrogen-bond donors (Lipinski definition) is 0. The van der Waals surface area contributed by atoms with E-state index in [0.29, 0.717) is 11.4 Å². The molecule has 0 unspecified atom stereocenters. The monoisotopic (exact) mass is 734 g/mol. The maximum atomic E-state index is 13.5. The van der Waals surface area contributed by atoms with Gasteiger partial charge in [-0.1, -0.05) is 39.3 Å². The van der Waals surface area contributed by atoms with Gasteiger partial charge in [-0.15, -0.1) is 36.4 Å². The maximum Gasteiger partial charge on any atom is 4.00 e. The van der Waals surface area contributed by atoms with E-state index in [1.165, 1.54) is 24.3 Å². The van der Waals surface area contributed by atoms with Crippen molar-refractivity contribution in [1.29, 1.82) is 0 Å². The molecule has 2 nitrogen and oxygen atoms in total. The van der Waals surface area contributed by atoms with Gasteiger partial charge in [-0.05, 0) is 63.3 Å². The van der Waals surface area contributed by atoms with Gasteiger partial charge in [-0.2, -0.15) is 34.6 Å². The minimum atomic E-state index is -0.981. The first-order valence-electron chi connectivity index (χ1n) is 15.9. The summed E-state index contributed by atoms with van der Waals surface area (Å²) < 4.78 is 55.7. The third-order valence-corrected chi connectivity index (χ3v) is 11.9. The molecule has 0 radical (unpaired) electrons. The predicted molar refractivity (Wildman–Crippen MR) is 198 cm³/mol. The first-order valence-corrected chi connectivity index (χ1v) is 22.9. The smallest absolute Gasteiger partial charge is 0.370 e. The van der Waals surface area contributed by atoms with Gasteiger partial charge < -0.3 is 9.13 Å². The van der Waals surface area contributed by atoms with E-state index >= 15 is 0 Å². The van der Waals surface area contributed by atoms with Gasteiger partial charge in [0.25, 0.3) is 0 Å². The Kier molecular flexibility index (Phi) is 15.3. The molecule has 9 heteroatoms. The van der Waals surface area contributed by atoms with E-state index in [1.807, 2.05) is 64.1 Å². The zero-order chi connectivity index (χ0) is 35.8. The van der Waals surface area contributed by atoms with Crippen LogP contribution in [0.15, 0.2) is 97.1 Å². The van der Waals surface area contributed by atoms with Gasteiger partial charge in [0.05, 0.1) is 0 Å². The quantitative estimate of drug-likeness (QED) is 0.0970. The molecule has 6 rings (SSSR count). The van der Waals surface area contributed by atoms with E-state index < -0.39 is 39.4 Å². The average Bonchev–Trinajstić information content (AvgIpc) is 3.81. The van der Waals surface area contributed by atoms with E-state index in [0.717, 1.165) is 22.8 Å². The average molecular weight is 735 g/mol. The zero-order valence-corrected chi connectivity index (χ0v) is 33.7. The molecule has 0 spiro atoms. The van der Waals surface area contributed by atoms with Crippen molar-refractivity contribution in [2.45, 2.75) is 67.0 Å². The number of hydrogen-bond acceptors (Lipinski definition) is 0. The van der Waals surface area contributed by atoms with Crippen LogP contribution in [-0.4, -0.2) is 25.3 Å². The first kappa shape index (κ1) is 41.7. The van der Waals surface area contributed by atoms with Crippen LogP contribution in [-0.2, 0) is 21.7 Å². The Balaban J connectivity index is 0.000000232. The molecule has 0 bridgehead atoms. The van der Waals surface area contributed by atoms with Crippen LogP contribution in [0, 0.1) is 63.1 Å². The molecule has 4 aromatic carbocycles. The van der Waals surface area contributed by atoms with Gasteiger partial charge in [0.2, 0.25) is 0 Å². The topological polar surface area (TPSA) is 9.86 Å². The molecule has 0 saturated carbocycles. The number of aromatic nitrogens is 2. The second-order valence-corrected chi connectivity index (χ2v) is 23.9. The largest absolute Gasteiger partial charge is 4.00 e. The molecule has 2 heterocycles. The van der Waals surface area contributed by atoms with Crippen molar-refractivity contribution in [2.75, 3.05) is 0 Å². The van der Waals surface area contributed by atoms with Gasteiger partial charge in [0, 0.05) is 62.2 Å². The summed E-state index contributed by atoms with van der Waals surface area (Å²) in [5, 5.41) is 3.12. The Morgan fingerprint density at radius 1 is 0.469 bits per heavy atom. The molecule has 0 N–H and O–H groups in total. The normalized spacial score (nSPS) is 10.9. The summed E-state index contributed by atoms with van der Waals surface area (Å²) in [6, 6.07) is 34.2. The van der Waals surface area contributed by atoms with Crippen molar-refractivity contribution in [3.63, 3.8) is 0 Å². The number of aryl methyl sites for hydroxylation is 4. The summed E-state index contributed by atoms with van der Waals surface area (Å²) >= 11 is 0. The molecule has 0 atom stereocenters. The molecule has 0 aliphatic heterocycles. The molecule has 256 valence electrons. The third-order valence-electron chi connectivity index (χ3n) is 7.76. The number of benzene rings is 2. The molecule has 0 saturated heterocycles. The summed E-state index contributed by atoms with van der Waals surface area (Å²) in [4.78, 5) is 0. The van der Waals surface area contributed by atoms with E-state index in [2.05, 4.69) is 87.8 Å². The van der Waals surface area contributed by atoms with Gasteiger partial charge in [0.15, 0.2) is 0 Å². The summed E-state index contributed by atoms with van der Waals surface area (Å²) in [5.41, 5.74) is 4.29. The van der Waals surface area contributed by atoms with Crippen LogP contribution in [0.3, 0.4) is 0 Å². The zero-order valence-electron chi connectivity index (χ0n) is 30.1. The molecule has 0 aliphatic carbocycles. The van der Waals surface area contributed by atoms with Crippen LogP contribution in [0.4, 0.5) is 17.6 Å². The van der Waals surface area contributed by atoms with Crippen LogP contribution in [0.1, 0.15) is 22.8 Å². The Hall–Kier alpha value is -3.43. The molecule has 49 heavy (non-hydrogen) atoms.